The highest BCUT2D eigenvalue weighted by Gasteiger charge is 2.55. The van der Waals surface area contributed by atoms with Crippen molar-refractivity contribution in [2.45, 2.75) is 58.3 Å². The first-order valence-corrected chi connectivity index (χ1v) is 8.31. The Kier molecular flexibility index (Phi) is 3.54. The van der Waals surface area contributed by atoms with Crippen LogP contribution in [0.3, 0.4) is 0 Å². The molecular formula is C19H24O4. The number of Topliss-reactive ketones (excluding diaryl/α,β-unsaturated/α-hetero) is 1. The van der Waals surface area contributed by atoms with Gasteiger partial charge in [-0.25, -0.2) is 0 Å². The van der Waals surface area contributed by atoms with E-state index in [0.717, 1.165) is 36.8 Å². The maximum atomic E-state index is 11.9. The number of carboxylic acid groups (broad SMARTS) is 1. The Morgan fingerprint density at radius 1 is 1.22 bits per heavy atom. The van der Waals surface area contributed by atoms with Crippen molar-refractivity contribution in [2.75, 3.05) is 0 Å². The molecule has 1 saturated carbocycles. The fraction of sp³-hybridized carbons (Fsp3) is 0.579. The number of phenols is 1. The first-order valence-electron chi connectivity index (χ1n) is 8.31. The van der Waals surface area contributed by atoms with Crippen LogP contribution in [0.15, 0.2) is 12.1 Å². The second-order valence-corrected chi connectivity index (χ2v) is 7.67. The van der Waals surface area contributed by atoms with Gasteiger partial charge in [0, 0.05) is 0 Å². The number of carboxylic acids is 1. The standard InChI is InChI=1S/C19H24O4/c1-11(20)13-9-12-5-6-16-18(2,14(12)10-15(13)21)7-4-8-19(16,3)17(22)23/h9-10,16,21H,4-8H2,1-3H3,(H,22,23). The van der Waals surface area contributed by atoms with Crippen LogP contribution in [0.4, 0.5) is 0 Å². The Hall–Kier alpha value is -1.84. The summed E-state index contributed by atoms with van der Waals surface area (Å²) in [7, 11) is 0. The summed E-state index contributed by atoms with van der Waals surface area (Å²) in [5.41, 5.74) is 1.50. The largest absolute Gasteiger partial charge is 0.507 e. The molecule has 2 aliphatic rings. The molecule has 0 bridgehead atoms. The average Bonchev–Trinajstić information content (AvgIpc) is 2.46. The highest BCUT2D eigenvalue weighted by molar-refractivity contribution is 5.97. The Bertz CT molecular complexity index is 693. The minimum Gasteiger partial charge on any atom is -0.507 e. The van der Waals surface area contributed by atoms with Crippen molar-refractivity contribution in [1.82, 2.24) is 0 Å². The summed E-state index contributed by atoms with van der Waals surface area (Å²) in [6, 6.07) is 3.52. The van der Waals surface area contributed by atoms with Gasteiger partial charge in [0.25, 0.3) is 0 Å². The topological polar surface area (TPSA) is 74.6 Å². The Morgan fingerprint density at radius 2 is 1.91 bits per heavy atom. The molecule has 0 aliphatic heterocycles. The summed E-state index contributed by atoms with van der Waals surface area (Å²) in [5.74, 6) is -0.796. The summed E-state index contributed by atoms with van der Waals surface area (Å²) in [6.07, 6.45) is 4.07. The molecule has 1 aromatic rings. The van der Waals surface area contributed by atoms with Crippen molar-refractivity contribution in [3.8, 4) is 5.75 Å². The van der Waals surface area contributed by atoms with E-state index in [1.807, 2.05) is 6.92 Å². The second-order valence-electron chi connectivity index (χ2n) is 7.67. The zero-order chi connectivity index (χ0) is 17.0. The number of hydrogen-bond donors (Lipinski definition) is 2. The first-order chi connectivity index (χ1) is 10.7. The number of phenolic OH excluding ortho intramolecular Hbond substituents is 1. The number of aromatic hydroxyl groups is 1. The molecule has 124 valence electrons. The summed E-state index contributed by atoms with van der Waals surface area (Å²) in [6.45, 7) is 5.45. The van der Waals surface area contributed by atoms with Gasteiger partial charge in [-0.15, -0.1) is 0 Å². The van der Waals surface area contributed by atoms with Gasteiger partial charge in [0.1, 0.15) is 5.75 Å². The minimum atomic E-state index is -0.723. The van der Waals surface area contributed by atoms with Crippen molar-refractivity contribution >= 4 is 11.8 Å². The molecule has 3 rings (SSSR count). The molecule has 1 aromatic carbocycles. The summed E-state index contributed by atoms with van der Waals surface area (Å²) in [5, 5.41) is 20.0. The first kappa shape index (κ1) is 16.0. The van der Waals surface area contributed by atoms with Crippen molar-refractivity contribution in [2.24, 2.45) is 11.3 Å². The smallest absolute Gasteiger partial charge is 0.309 e. The van der Waals surface area contributed by atoms with E-state index in [-0.39, 0.29) is 22.9 Å². The van der Waals surface area contributed by atoms with Crippen LogP contribution in [-0.4, -0.2) is 22.0 Å². The Labute approximate surface area is 136 Å². The lowest BCUT2D eigenvalue weighted by Gasteiger charge is -2.53. The maximum absolute atomic E-state index is 11.9. The lowest BCUT2D eigenvalue weighted by molar-refractivity contribution is -0.157. The molecule has 0 spiro atoms. The van der Waals surface area contributed by atoms with E-state index in [1.165, 1.54) is 6.92 Å². The molecule has 0 radical (unpaired) electrons. The number of aryl methyl sites for hydroxylation is 1. The summed E-state index contributed by atoms with van der Waals surface area (Å²) < 4.78 is 0. The van der Waals surface area contributed by atoms with E-state index in [9.17, 15) is 19.8 Å². The number of fused-ring (bicyclic) bond motifs is 3. The summed E-state index contributed by atoms with van der Waals surface area (Å²) in [4.78, 5) is 23.6. The van der Waals surface area contributed by atoms with Crippen LogP contribution in [0.2, 0.25) is 0 Å². The van der Waals surface area contributed by atoms with Crippen LogP contribution < -0.4 is 0 Å². The SMILES string of the molecule is CC(=O)c1cc2c(cc1O)C1(C)CCCC(C)(C(=O)O)C1CC2. The highest BCUT2D eigenvalue weighted by atomic mass is 16.4. The highest BCUT2D eigenvalue weighted by Crippen LogP contribution is 2.57. The molecule has 23 heavy (non-hydrogen) atoms. The summed E-state index contributed by atoms with van der Waals surface area (Å²) >= 11 is 0. The third-order valence-corrected chi connectivity index (χ3v) is 6.34. The van der Waals surface area contributed by atoms with Crippen LogP contribution >= 0.6 is 0 Å². The molecule has 0 saturated heterocycles. The van der Waals surface area contributed by atoms with Crippen LogP contribution in [0, 0.1) is 11.3 Å². The zero-order valence-electron chi connectivity index (χ0n) is 14.0. The van der Waals surface area contributed by atoms with E-state index in [4.69, 9.17) is 0 Å². The Balaban J connectivity index is 2.15. The lowest BCUT2D eigenvalue weighted by atomic mass is 9.50. The van der Waals surface area contributed by atoms with Gasteiger partial charge in [0.15, 0.2) is 5.78 Å². The van der Waals surface area contributed by atoms with Gasteiger partial charge in [-0.1, -0.05) is 13.3 Å². The van der Waals surface area contributed by atoms with Crippen LogP contribution in [0.25, 0.3) is 0 Å². The molecule has 3 unspecified atom stereocenters. The van der Waals surface area contributed by atoms with E-state index in [0.29, 0.717) is 12.0 Å². The third kappa shape index (κ3) is 2.19. The van der Waals surface area contributed by atoms with Gasteiger partial charge in [-0.2, -0.15) is 0 Å². The van der Waals surface area contributed by atoms with Gasteiger partial charge in [-0.05, 0) is 74.1 Å². The molecule has 0 amide bonds. The van der Waals surface area contributed by atoms with Gasteiger partial charge >= 0.3 is 5.97 Å². The minimum absolute atomic E-state index is 0.0146. The zero-order valence-corrected chi connectivity index (χ0v) is 14.0. The maximum Gasteiger partial charge on any atom is 0.309 e. The van der Waals surface area contributed by atoms with Gasteiger partial charge in [-0.3, -0.25) is 9.59 Å². The van der Waals surface area contributed by atoms with E-state index in [2.05, 4.69) is 6.92 Å². The van der Waals surface area contributed by atoms with Crippen LogP contribution in [0.5, 0.6) is 5.75 Å². The monoisotopic (exact) mass is 316 g/mol. The van der Waals surface area contributed by atoms with Crippen molar-refractivity contribution in [1.29, 1.82) is 0 Å². The predicted octanol–water partition coefficient (Wildman–Crippen LogP) is 3.69. The molecular weight excluding hydrogens is 292 g/mol. The average molecular weight is 316 g/mol. The van der Waals surface area contributed by atoms with Gasteiger partial charge < -0.3 is 10.2 Å². The number of hydrogen-bond acceptors (Lipinski definition) is 3. The van der Waals surface area contributed by atoms with Crippen molar-refractivity contribution in [3.63, 3.8) is 0 Å². The Morgan fingerprint density at radius 3 is 2.52 bits per heavy atom. The number of carbonyl (C=O) groups is 2. The molecule has 1 fully saturated rings. The quantitative estimate of drug-likeness (QED) is 0.816. The molecule has 2 aliphatic carbocycles. The van der Waals surface area contributed by atoms with E-state index < -0.39 is 11.4 Å². The van der Waals surface area contributed by atoms with Gasteiger partial charge in [0.05, 0.1) is 11.0 Å². The third-order valence-electron chi connectivity index (χ3n) is 6.34. The predicted molar refractivity (Wildman–Crippen MR) is 86.9 cm³/mol. The molecule has 0 aromatic heterocycles. The second kappa shape index (κ2) is 5.08. The van der Waals surface area contributed by atoms with Crippen molar-refractivity contribution in [3.05, 3.63) is 28.8 Å². The molecule has 2 N–H and O–H groups in total. The van der Waals surface area contributed by atoms with Crippen LogP contribution in [-0.2, 0) is 16.6 Å². The molecule has 0 heterocycles. The van der Waals surface area contributed by atoms with Gasteiger partial charge in [0.2, 0.25) is 0 Å². The number of benzene rings is 1. The number of carbonyl (C=O) groups excluding carboxylic acids is 1. The normalized spacial score (nSPS) is 32.7. The van der Waals surface area contributed by atoms with Crippen molar-refractivity contribution < 1.29 is 19.8 Å². The molecule has 4 nitrogen and oxygen atoms in total. The molecule has 3 atom stereocenters. The van der Waals surface area contributed by atoms with E-state index in [1.54, 1.807) is 12.1 Å². The van der Waals surface area contributed by atoms with Crippen LogP contribution in [0.1, 0.15) is 67.9 Å². The molecule has 4 heteroatoms. The number of rotatable bonds is 2. The fourth-order valence-corrected chi connectivity index (χ4v) is 5.04. The number of ketones is 1. The lowest BCUT2D eigenvalue weighted by Crippen LogP contribution is -2.52. The van der Waals surface area contributed by atoms with E-state index >= 15 is 0 Å². The number of aliphatic carboxylic acids is 1. The fourth-order valence-electron chi connectivity index (χ4n) is 5.04.